The van der Waals surface area contributed by atoms with E-state index < -0.39 is 11.9 Å². The topological polar surface area (TPSA) is 78.9 Å². The highest BCUT2D eigenvalue weighted by Gasteiger charge is 2.20. The quantitative estimate of drug-likeness (QED) is 0.894. The Labute approximate surface area is 109 Å². The summed E-state index contributed by atoms with van der Waals surface area (Å²) in [6.45, 7) is 3.79. The maximum atomic E-state index is 11.3. The van der Waals surface area contributed by atoms with Gasteiger partial charge >= 0.3 is 0 Å². The Kier molecular flexibility index (Phi) is 4.53. The van der Waals surface area contributed by atoms with E-state index in [1.54, 1.807) is 12.1 Å². The fourth-order valence-corrected chi connectivity index (χ4v) is 1.83. The van der Waals surface area contributed by atoms with Crippen molar-refractivity contribution in [3.63, 3.8) is 0 Å². The van der Waals surface area contributed by atoms with Gasteiger partial charge in [-0.15, -0.1) is 0 Å². The molecule has 0 heterocycles. The highest BCUT2D eigenvalue weighted by molar-refractivity contribution is 9.10. The van der Waals surface area contributed by atoms with E-state index in [2.05, 4.69) is 27.3 Å². The molecular formula is C12H14BrN3O. The minimum Gasteiger partial charge on any atom is -0.372 e. The van der Waals surface area contributed by atoms with Crippen molar-refractivity contribution in [3.8, 4) is 6.07 Å². The molecule has 1 unspecified atom stereocenters. The molecule has 1 rings (SSSR count). The van der Waals surface area contributed by atoms with Crippen LogP contribution in [0.5, 0.6) is 0 Å². The summed E-state index contributed by atoms with van der Waals surface area (Å²) in [6.07, 6.45) is 0. The zero-order valence-corrected chi connectivity index (χ0v) is 11.3. The van der Waals surface area contributed by atoms with Crippen LogP contribution in [0, 0.1) is 17.2 Å². The van der Waals surface area contributed by atoms with Gasteiger partial charge in [0, 0.05) is 4.47 Å². The molecule has 0 radical (unpaired) electrons. The summed E-state index contributed by atoms with van der Waals surface area (Å²) < 4.78 is 0.819. The van der Waals surface area contributed by atoms with Gasteiger partial charge in [0.05, 0.1) is 11.3 Å². The number of hydrogen-bond acceptors (Lipinski definition) is 3. The Hall–Kier alpha value is -1.54. The molecule has 0 aliphatic rings. The van der Waals surface area contributed by atoms with Crippen LogP contribution in [-0.4, -0.2) is 11.9 Å². The maximum Gasteiger partial charge on any atom is 0.240 e. The normalized spacial score (nSPS) is 11.9. The molecule has 0 bridgehead atoms. The summed E-state index contributed by atoms with van der Waals surface area (Å²) in [7, 11) is 0. The number of primary amides is 1. The van der Waals surface area contributed by atoms with Crippen molar-refractivity contribution in [2.24, 2.45) is 11.7 Å². The van der Waals surface area contributed by atoms with Crippen molar-refractivity contribution in [2.75, 3.05) is 5.32 Å². The van der Waals surface area contributed by atoms with E-state index in [1.807, 2.05) is 19.9 Å². The first-order chi connectivity index (χ1) is 7.95. The Bertz CT molecular complexity index is 465. The molecule has 0 aliphatic heterocycles. The second-order valence-electron chi connectivity index (χ2n) is 4.07. The molecule has 0 aliphatic carbocycles. The lowest BCUT2D eigenvalue weighted by molar-refractivity contribution is -0.119. The number of hydrogen-bond donors (Lipinski definition) is 2. The van der Waals surface area contributed by atoms with Gasteiger partial charge in [0.2, 0.25) is 5.91 Å². The highest BCUT2D eigenvalue weighted by atomic mass is 79.9. The second kappa shape index (κ2) is 5.69. The molecule has 1 atom stereocenters. The van der Waals surface area contributed by atoms with Crippen LogP contribution < -0.4 is 11.1 Å². The van der Waals surface area contributed by atoms with Crippen LogP contribution in [0.25, 0.3) is 0 Å². The van der Waals surface area contributed by atoms with Gasteiger partial charge in [-0.3, -0.25) is 4.79 Å². The lowest BCUT2D eigenvalue weighted by Gasteiger charge is -2.20. The smallest absolute Gasteiger partial charge is 0.240 e. The molecule has 0 spiro atoms. The average molecular weight is 296 g/mol. The van der Waals surface area contributed by atoms with Gasteiger partial charge in [-0.25, -0.2) is 0 Å². The Morgan fingerprint density at radius 3 is 2.65 bits per heavy atom. The minimum atomic E-state index is -0.483. The number of nitriles is 1. The molecule has 1 aromatic rings. The Morgan fingerprint density at radius 1 is 1.53 bits per heavy atom. The van der Waals surface area contributed by atoms with Gasteiger partial charge in [-0.05, 0) is 24.1 Å². The van der Waals surface area contributed by atoms with E-state index in [9.17, 15) is 4.79 Å². The molecule has 17 heavy (non-hydrogen) atoms. The molecular weight excluding hydrogens is 282 g/mol. The van der Waals surface area contributed by atoms with Gasteiger partial charge in [0.25, 0.3) is 0 Å². The molecule has 3 N–H and O–H groups in total. The number of carbonyl (C=O) groups excluding carboxylic acids is 1. The molecule has 5 heteroatoms. The van der Waals surface area contributed by atoms with E-state index in [4.69, 9.17) is 11.0 Å². The largest absolute Gasteiger partial charge is 0.372 e. The van der Waals surface area contributed by atoms with E-state index in [0.29, 0.717) is 11.3 Å². The molecule has 0 aromatic heterocycles. The van der Waals surface area contributed by atoms with Crippen LogP contribution in [0.1, 0.15) is 19.4 Å². The van der Waals surface area contributed by atoms with E-state index >= 15 is 0 Å². The van der Waals surface area contributed by atoms with Gasteiger partial charge in [0.15, 0.2) is 0 Å². The van der Waals surface area contributed by atoms with Crippen LogP contribution in [-0.2, 0) is 4.79 Å². The summed E-state index contributed by atoms with van der Waals surface area (Å²) in [5.74, 6) is -0.366. The first kappa shape index (κ1) is 13.5. The number of amides is 1. The van der Waals surface area contributed by atoms with Crippen molar-refractivity contribution >= 4 is 27.5 Å². The van der Waals surface area contributed by atoms with Gasteiger partial charge < -0.3 is 11.1 Å². The predicted octanol–water partition coefficient (Wildman–Crippen LogP) is 2.24. The third-order valence-electron chi connectivity index (χ3n) is 2.39. The summed E-state index contributed by atoms with van der Waals surface area (Å²) in [5, 5.41) is 12.0. The molecule has 4 nitrogen and oxygen atoms in total. The molecule has 0 saturated carbocycles. The monoisotopic (exact) mass is 295 g/mol. The number of anilines is 1. The van der Waals surface area contributed by atoms with E-state index in [0.717, 1.165) is 4.47 Å². The summed E-state index contributed by atoms with van der Waals surface area (Å²) in [4.78, 5) is 11.3. The fraction of sp³-hybridized carbons (Fsp3) is 0.333. The standard InChI is InChI=1S/C12H14BrN3O/c1-7(2)11(12(15)17)16-10-4-3-9(13)5-8(10)6-14/h3-5,7,11,16H,1-2H3,(H2,15,17). The van der Waals surface area contributed by atoms with Crippen molar-refractivity contribution in [2.45, 2.75) is 19.9 Å². The third kappa shape index (κ3) is 3.46. The van der Waals surface area contributed by atoms with Crippen molar-refractivity contribution < 1.29 is 4.79 Å². The fourth-order valence-electron chi connectivity index (χ4n) is 1.47. The number of nitrogens with two attached hydrogens (primary N) is 1. The number of nitrogens with one attached hydrogen (secondary N) is 1. The second-order valence-corrected chi connectivity index (χ2v) is 4.99. The number of benzene rings is 1. The first-order valence-electron chi connectivity index (χ1n) is 5.21. The third-order valence-corrected chi connectivity index (χ3v) is 2.88. The van der Waals surface area contributed by atoms with Crippen molar-refractivity contribution in [1.29, 1.82) is 5.26 Å². The maximum absolute atomic E-state index is 11.3. The van der Waals surface area contributed by atoms with Crippen LogP contribution in [0.2, 0.25) is 0 Å². The van der Waals surface area contributed by atoms with Crippen LogP contribution in [0.3, 0.4) is 0 Å². The molecule has 0 saturated heterocycles. The predicted molar refractivity (Wildman–Crippen MR) is 70.3 cm³/mol. The van der Waals surface area contributed by atoms with Crippen LogP contribution in [0.15, 0.2) is 22.7 Å². The number of halogens is 1. The molecule has 0 fully saturated rings. The van der Waals surface area contributed by atoms with Crippen LogP contribution >= 0.6 is 15.9 Å². The van der Waals surface area contributed by atoms with E-state index in [1.165, 1.54) is 0 Å². The summed E-state index contributed by atoms with van der Waals surface area (Å²) in [6, 6.07) is 6.85. The molecule has 90 valence electrons. The van der Waals surface area contributed by atoms with Crippen molar-refractivity contribution in [3.05, 3.63) is 28.2 Å². The lowest BCUT2D eigenvalue weighted by atomic mass is 10.0. The first-order valence-corrected chi connectivity index (χ1v) is 6.00. The average Bonchev–Trinajstić information content (AvgIpc) is 2.26. The number of rotatable bonds is 4. The van der Waals surface area contributed by atoms with E-state index in [-0.39, 0.29) is 5.92 Å². The SMILES string of the molecule is CC(C)C(Nc1ccc(Br)cc1C#N)C(N)=O. The zero-order valence-electron chi connectivity index (χ0n) is 9.70. The zero-order chi connectivity index (χ0) is 13.0. The van der Waals surface area contributed by atoms with Gasteiger partial charge in [-0.1, -0.05) is 29.8 Å². The minimum absolute atomic E-state index is 0.0580. The number of nitrogens with zero attached hydrogens (tertiary/aromatic N) is 1. The Balaban J connectivity index is 3.02. The Morgan fingerprint density at radius 2 is 2.18 bits per heavy atom. The van der Waals surface area contributed by atoms with Gasteiger partial charge in [0.1, 0.15) is 12.1 Å². The summed E-state index contributed by atoms with van der Waals surface area (Å²) in [5.41, 5.74) is 6.41. The highest BCUT2D eigenvalue weighted by Crippen LogP contribution is 2.22. The summed E-state index contributed by atoms with van der Waals surface area (Å²) >= 11 is 3.29. The van der Waals surface area contributed by atoms with Crippen molar-refractivity contribution in [1.82, 2.24) is 0 Å². The molecule has 1 aromatic carbocycles. The number of carbonyl (C=O) groups is 1. The molecule has 1 amide bonds. The lowest BCUT2D eigenvalue weighted by Crippen LogP contribution is -2.39. The van der Waals surface area contributed by atoms with Crippen LogP contribution in [0.4, 0.5) is 5.69 Å². The van der Waals surface area contributed by atoms with Gasteiger partial charge in [-0.2, -0.15) is 5.26 Å².